The molecule has 2 heterocycles. The third-order valence-corrected chi connectivity index (χ3v) is 7.04. The molecule has 2 aliphatic rings. The minimum absolute atomic E-state index is 0.0265. The van der Waals surface area contributed by atoms with Gasteiger partial charge in [0, 0.05) is 23.5 Å². The van der Waals surface area contributed by atoms with E-state index in [2.05, 4.69) is 4.98 Å². The number of ether oxygens (including phenoxy) is 1. The van der Waals surface area contributed by atoms with Crippen LogP contribution in [0.5, 0.6) is 5.75 Å². The molecule has 0 spiro atoms. The van der Waals surface area contributed by atoms with Gasteiger partial charge in [0.05, 0.1) is 16.4 Å². The molecule has 0 radical (unpaired) electrons. The van der Waals surface area contributed by atoms with E-state index in [9.17, 15) is 9.59 Å². The summed E-state index contributed by atoms with van der Waals surface area (Å²) in [6.45, 7) is 5.80. The summed E-state index contributed by atoms with van der Waals surface area (Å²) in [5.41, 5.74) is 2.49. The topological polar surface area (TPSA) is 62.7 Å². The minimum Gasteiger partial charge on any atom is -0.479 e. The molecule has 1 aliphatic carbocycles. The first-order valence-electron chi connectivity index (χ1n) is 10.7. The van der Waals surface area contributed by atoms with Crippen LogP contribution in [0.25, 0.3) is 11.3 Å². The Morgan fingerprint density at radius 1 is 1.27 bits per heavy atom. The first kappa shape index (κ1) is 20.8. The molecule has 30 heavy (non-hydrogen) atoms. The van der Waals surface area contributed by atoms with E-state index in [4.69, 9.17) is 4.74 Å². The van der Waals surface area contributed by atoms with Crippen LogP contribution in [0.2, 0.25) is 0 Å². The van der Waals surface area contributed by atoms with Crippen LogP contribution < -0.4 is 9.64 Å². The molecule has 4 rings (SSSR count). The van der Waals surface area contributed by atoms with Gasteiger partial charge in [0.25, 0.3) is 5.91 Å². The normalized spacial score (nSPS) is 19.4. The number of amides is 2. The van der Waals surface area contributed by atoms with Gasteiger partial charge in [-0.2, -0.15) is 0 Å². The summed E-state index contributed by atoms with van der Waals surface area (Å²) in [7, 11) is 1.87. The van der Waals surface area contributed by atoms with E-state index in [1.165, 1.54) is 6.42 Å². The Balaban J connectivity index is 1.63. The lowest BCUT2D eigenvalue weighted by atomic mass is 9.94. The van der Waals surface area contributed by atoms with E-state index in [0.29, 0.717) is 11.4 Å². The molecule has 0 bridgehead atoms. The van der Waals surface area contributed by atoms with Gasteiger partial charge >= 0.3 is 0 Å². The van der Waals surface area contributed by atoms with Crippen molar-refractivity contribution in [2.45, 2.75) is 65.0 Å². The molecule has 1 unspecified atom stereocenters. The van der Waals surface area contributed by atoms with Gasteiger partial charge in [0.2, 0.25) is 5.91 Å². The molecule has 6 nitrogen and oxygen atoms in total. The van der Waals surface area contributed by atoms with Gasteiger partial charge in [-0.3, -0.25) is 14.5 Å². The third-order valence-electron chi connectivity index (χ3n) is 6.15. The van der Waals surface area contributed by atoms with Crippen LogP contribution in [0.3, 0.4) is 0 Å². The number of hydrogen-bond donors (Lipinski definition) is 0. The van der Waals surface area contributed by atoms with Crippen molar-refractivity contribution >= 4 is 28.8 Å². The van der Waals surface area contributed by atoms with Crippen LogP contribution in [0.4, 0.5) is 5.69 Å². The molecular weight excluding hydrogens is 398 g/mol. The van der Waals surface area contributed by atoms with E-state index in [1.54, 1.807) is 23.2 Å². The zero-order chi connectivity index (χ0) is 21.4. The molecule has 1 saturated carbocycles. The number of nitrogens with zero attached hydrogens (tertiary/aromatic N) is 3. The number of benzene rings is 1. The number of carbonyl (C=O) groups excluding carboxylic acids is 2. The summed E-state index contributed by atoms with van der Waals surface area (Å²) in [6.07, 6.45) is 5.03. The van der Waals surface area contributed by atoms with Gasteiger partial charge < -0.3 is 9.64 Å². The van der Waals surface area contributed by atoms with Crippen molar-refractivity contribution in [2.24, 2.45) is 0 Å². The maximum atomic E-state index is 13.1. The fraction of sp³-hybridized carbons (Fsp3) is 0.522. The van der Waals surface area contributed by atoms with Gasteiger partial charge in [-0.25, -0.2) is 4.98 Å². The number of thiazole rings is 1. The monoisotopic (exact) mass is 427 g/mol. The molecule has 1 aromatic carbocycles. The lowest BCUT2D eigenvalue weighted by Gasteiger charge is -2.36. The van der Waals surface area contributed by atoms with E-state index < -0.39 is 6.10 Å². The Hall–Kier alpha value is -2.41. The number of rotatable bonds is 4. The Labute approximate surface area is 181 Å². The standard InChI is InChI=1S/C23H29N3O3S/c1-14-23(28)26(13-21(27)25(4)18-8-6-5-7-9-18)19-12-17(10-11-20(19)29-14)22-15(2)30-16(3)24-22/h10-12,14,18H,5-9,13H2,1-4H3. The van der Waals surface area contributed by atoms with E-state index in [0.717, 1.165) is 46.8 Å². The summed E-state index contributed by atoms with van der Waals surface area (Å²) in [5, 5.41) is 1.00. The molecule has 1 aliphatic heterocycles. The van der Waals surface area contributed by atoms with Crippen molar-refractivity contribution < 1.29 is 14.3 Å². The second-order valence-electron chi connectivity index (χ2n) is 8.30. The Kier molecular flexibility index (Phi) is 5.82. The fourth-order valence-corrected chi connectivity index (χ4v) is 5.27. The zero-order valence-corrected chi connectivity index (χ0v) is 18.9. The van der Waals surface area contributed by atoms with Crippen LogP contribution in [0.15, 0.2) is 18.2 Å². The van der Waals surface area contributed by atoms with Gasteiger partial charge in [-0.15, -0.1) is 11.3 Å². The number of anilines is 1. The van der Waals surface area contributed by atoms with E-state index in [-0.39, 0.29) is 24.4 Å². The Morgan fingerprint density at radius 3 is 2.67 bits per heavy atom. The average Bonchev–Trinajstić information content (AvgIpc) is 3.09. The minimum atomic E-state index is -0.612. The molecule has 1 fully saturated rings. The second-order valence-corrected chi connectivity index (χ2v) is 9.71. The van der Waals surface area contributed by atoms with Gasteiger partial charge in [0.1, 0.15) is 12.3 Å². The maximum Gasteiger partial charge on any atom is 0.268 e. The van der Waals surface area contributed by atoms with E-state index >= 15 is 0 Å². The largest absolute Gasteiger partial charge is 0.479 e. The molecule has 0 N–H and O–H groups in total. The molecule has 7 heteroatoms. The van der Waals surface area contributed by atoms with Gasteiger partial charge in [-0.05, 0) is 51.8 Å². The fourth-order valence-electron chi connectivity index (χ4n) is 4.43. The quantitative estimate of drug-likeness (QED) is 0.729. The Morgan fingerprint density at radius 2 is 2.00 bits per heavy atom. The highest BCUT2D eigenvalue weighted by Crippen LogP contribution is 2.39. The van der Waals surface area contributed by atoms with Gasteiger partial charge in [-0.1, -0.05) is 19.3 Å². The van der Waals surface area contributed by atoms with Crippen molar-refractivity contribution in [3.8, 4) is 17.0 Å². The number of hydrogen-bond acceptors (Lipinski definition) is 5. The van der Waals surface area contributed by atoms with Gasteiger partial charge in [0.15, 0.2) is 6.10 Å². The van der Waals surface area contributed by atoms with Crippen LogP contribution >= 0.6 is 11.3 Å². The highest BCUT2D eigenvalue weighted by Gasteiger charge is 2.34. The molecule has 2 aromatic rings. The molecule has 2 amide bonds. The van der Waals surface area contributed by atoms with Crippen molar-refractivity contribution in [1.29, 1.82) is 0 Å². The lowest BCUT2D eigenvalue weighted by Crippen LogP contribution is -2.50. The van der Waals surface area contributed by atoms with Crippen molar-refractivity contribution in [1.82, 2.24) is 9.88 Å². The van der Waals surface area contributed by atoms with Crippen LogP contribution in [0, 0.1) is 13.8 Å². The molecule has 160 valence electrons. The summed E-state index contributed by atoms with van der Waals surface area (Å²) in [5.74, 6) is 0.418. The summed E-state index contributed by atoms with van der Waals surface area (Å²) in [4.78, 5) is 35.2. The van der Waals surface area contributed by atoms with E-state index in [1.807, 2.05) is 44.0 Å². The number of aryl methyl sites for hydroxylation is 2. The predicted octanol–water partition coefficient (Wildman–Crippen LogP) is 4.33. The van der Waals surface area contributed by atoms with Crippen LogP contribution in [0.1, 0.15) is 48.9 Å². The second kappa shape index (κ2) is 8.38. The molecule has 1 atom stereocenters. The maximum absolute atomic E-state index is 13.1. The first-order chi connectivity index (χ1) is 14.3. The van der Waals surface area contributed by atoms with Crippen LogP contribution in [-0.2, 0) is 9.59 Å². The number of fused-ring (bicyclic) bond motifs is 1. The Bertz CT molecular complexity index is 965. The van der Waals surface area contributed by atoms with Crippen molar-refractivity contribution in [2.75, 3.05) is 18.5 Å². The first-order valence-corrected chi connectivity index (χ1v) is 11.5. The number of aromatic nitrogens is 1. The summed E-state index contributed by atoms with van der Waals surface area (Å²) < 4.78 is 5.83. The summed E-state index contributed by atoms with van der Waals surface area (Å²) >= 11 is 1.65. The molecular formula is C23H29N3O3S. The van der Waals surface area contributed by atoms with Crippen LogP contribution in [-0.4, -0.2) is 47.4 Å². The molecule has 0 saturated heterocycles. The zero-order valence-electron chi connectivity index (χ0n) is 18.1. The number of carbonyl (C=O) groups is 2. The molecule has 1 aromatic heterocycles. The van der Waals surface area contributed by atoms with Crippen molar-refractivity contribution in [3.63, 3.8) is 0 Å². The average molecular weight is 428 g/mol. The summed E-state index contributed by atoms with van der Waals surface area (Å²) in [6, 6.07) is 6.04. The predicted molar refractivity (Wildman–Crippen MR) is 119 cm³/mol. The highest BCUT2D eigenvalue weighted by molar-refractivity contribution is 7.11. The van der Waals surface area contributed by atoms with Crippen molar-refractivity contribution in [3.05, 3.63) is 28.1 Å². The highest BCUT2D eigenvalue weighted by atomic mass is 32.1. The smallest absolute Gasteiger partial charge is 0.268 e. The lowest BCUT2D eigenvalue weighted by molar-refractivity contribution is -0.134. The SMILES string of the molecule is Cc1nc(-c2ccc3c(c2)N(CC(=O)N(C)C2CCCCC2)C(=O)C(C)O3)c(C)s1. The third kappa shape index (κ3) is 3.95. The number of likely N-dealkylation sites (N-methyl/N-ethyl adjacent to an activating group) is 1.